The van der Waals surface area contributed by atoms with Gasteiger partial charge in [0.05, 0.1) is 8.95 Å². The second kappa shape index (κ2) is 7.87. The summed E-state index contributed by atoms with van der Waals surface area (Å²) < 4.78 is 18.2. The largest absolute Gasteiger partial charge is 0.506 e. The van der Waals surface area contributed by atoms with Gasteiger partial charge in [-0.15, -0.1) is 0 Å². The van der Waals surface area contributed by atoms with E-state index in [1.807, 2.05) is 0 Å². The summed E-state index contributed by atoms with van der Waals surface area (Å²) in [7, 11) is -4.92. The van der Waals surface area contributed by atoms with E-state index in [-0.39, 0.29) is 5.75 Å². The summed E-state index contributed by atoms with van der Waals surface area (Å²) in [4.78, 5) is 19.5. The van der Waals surface area contributed by atoms with Crippen LogP contribution < -0.4 is 0 Å². The van der Waals surface area contributed by atoms with E-state index in [2.05, 4.69) is 31.9 Å². The van der Waals surface area contributed by atoms with Crippen LogP contribution in [-0.4, -0.2) is 14.9 Å². The van der Waals surface area contributed by atoms with Crippen LogP contribution in [-0.2, 0) is 14.7 Å². The van der Waals surface area contributed by atoms with Gasteiger partial charge in [-0.25, -0.2) is 4.57 Å². The van der Waals surface area contributed by atoms with Crippen LogP contribution in [0.2, 0.25) is 0 Å². The lowest BCUT2D eigenvalue weighted by atomic mass is 9.80. The molecule has 0 spiro atoms. The molecule has 0 atom stereocenters. The van der Waals surface area contributed by atoms with Crippen molar-refractivity contribution in [3.05, 3.63) is 98.4 Å². The quantitative estimate of drug-likeness (QED) is 0.317. The predicted molar refractivity (Wildman–Crippen MR) is 109 cm³/mol. The Balaban J connectivity index is 2.42. The molecule has 0 aliphatic rings. The third kappa shape index (κ3) is 4.19. The molecule has 0 aromatic heterocycles. The SMILES string of the molecule is O=P(O)(O)OC(c1ccccc1)(c1ccccc1)c1cc(Br)c(O)c(Br)c1. The van der Waals surface area contributed by atoms with E-state index < -0.39 is 13.4 Å². The maximum Gasteiger partial charge on any atom is 0.471 e. The zero-order chi connectivity index (χ0) is 19.7. The van der Waals surface area contributed by atoms with E-state index in [4.69, 9.17) is 4.52 Å². The molecule has 3 N–H and O–H groups in total. The van der Waals surface area contributed by atoms with Crippen LogP contribution in [0.3, 0.4) is 0 Å². The van der Waals surface area contributed by atoms with Crippen molar-refractivity contribution in [2.45, 2.75) is 5.60 Å². The zero-order valence-electron chi connectivity index (χ0n) is 13.8. The summed E-state index contributed by atoms with van der Waals surface area (Å²) in [6.45, 7) is 0. The van der Waals surface area contributed by atoms with Gasteiger partial charge in [0.25, 0.3) is 0 Å². The van der Waals surface area contributed by atoms with Crippen molar-refractivity contribution in [3.63, 3.8) is 0 Å². The number of rotatable bonds is 5. The smallest absolute Gasteiger partial charge is 0.471 e. The Hall–Kier alpha value is -1.47. The summed E-state index contributed by atoms with van der Waals surface area (Å²) >= 11 is 6.57. The van der Waals surface area contributed by atoms with Gasteiger partial charge in [0, 0.05) is 0 Å². The lowest BCUT2D eigenvalue weighted by molar-refractivity contribution is 0.0974. The Morgan fingerprint density at radius 2 is 1.19 bits per heavy atom. The highest BCUT2D eigenvalue weighted by molar-refractivity contribution is 9.11. The average molecular weight is 514 g/mol. The summed E-state index contributed by atoms with van der Waals surface area (Å²) in [5, 5.41) is 10.1. The third-order valence-electron chi connectivity index (χ3n) is 4.04. The fourth-order valence-corrected chi connectivity index (χ4v) is 4.81. The van der Waals surface area contributed by atoms with Crippen molar-refractivity contribution in [1.82, 2.24) is 0 Å². The highest BCUT2D eigenvalue weighted by Crippen LogP contribution is 2.53. The van der Waals surface area contributed by atoms with Crippen molar-refractivity contribution in [3.8, 4) is 5.75 Å². The molecule has 0 aliphatic carbocycles. The Morgan fingerprint density at radius 1 is 0.778 bits per heavy atom. The maximum atomic E-state index is 12.0. The fraction of sp³-hybridized carbons (Fsp3) is 0.0526. The summed E-state index contributed by atoms with van der Waals surface area (Å²) in [6.07, 6.45) is 0. The fourth-order valence-electron chi connectivity index (χ4n) is 2.95. The van der Waals surface area contributed by atoms with E-state index in [0.29, 0.717) is 25.6 Å². The molecule has 0 saturated carbocycles. The normalized spacial score (nSPS) is 12.1. The first-order valence-corrected chi connectivity index (χ1v) is 10.9. The van der Waals surface area contributed by atoms with Gasteiger partial charge >= 0.3 is 7.82 Å². The molecular weight excluding hydrogens is 499 g/mol. The molecule has 0 heterocycles. The summed E-state index contributed by atoms with van der Waals surface area (Å²) in [5.41, 5.74) is -0.104. The van der Waals surface area contributed by atoms with Crippen molar-refractivity contribution in [1.29, 1.82) is 0 Å². The van der Waals surface area contributed by atoms with Crippen LogP contribution in [0.5, 0.6) is 5.75 Å². The van der Waals surface area contributed by atoms with E-state index in [1.165, 1.54) is 0 Å². The van der Waals surface area contributed by atoms with Gasteiger partial charge in [0.15, 0.2) is 5.60 Å². The Bertz CT molecular complexity index is 927. The van der Waals surface area contributed by atoms with Crippen LogP contribution in [0.15, 0.2) is 81.7 Å². The number of hydrogen-bond acceptors (Lipinski definition) is 3. The summed E-state index contributed by atoms with van der Waals surface area (Å²) in [5.74, 6) is -0.0232. The van der Waals surface area contributed by atoms with Gasteiger partial charge in [0.2, 0.25) is 0 Å². The number of phosphoric acid groups is 1. The molecule has 0 aliphatic heterocycles. The minimum atomic E-state index is -4.92. The molecule has 0 radical (unpaired) electrons. The molecule has 3 rings (SSSR count). The number of phosphoric ester groups is 1. The first-order valence-electron chi connectivity index (χ1n) is 7.80. The van der Waals surface area contributed by atoms with E-state index >= 15 is 0 Å². The second-order valence-corrected chi connectivity index (χ2v) is 8.66. The molecule has 8 heteroatoms. The first-order chi connectivity index (χ1) is 12.7. The number of phenolic OH excluding ortho intramolecular Hbond substituents is 1. The van der Waals surface area contributed by atoms with Crippen LogP contribution in [0.4, 0.5) is 0 Å². The number of phenols is 1. The molecule has 0 fully saturated rings. The van der Waals surface area contributed by atoms with Crippen molar-refractivity contribution < 1.29 is 24.0 Å². The van der Waals surface area contributed by atoms with Crippen molar-refractivity contribution >= 4 is 39.7 Å². The minimum absolute atomic E-state index is 0.0232. The van der Waals surface area contributed by atoms with Gasteiger partial charge in [0.1, 0.15) is 5.75 Å². The number of halogens is 2. The Kier molecular flexibility index (Phi) is 5.91. The van der Waals surface area contributed by atoms with E-state index in [1.54, 1.807) is 72.8 Å². The lowest BCUT2D eigenvalue weighted by Gasteiger charge is -2.35. The lowest BCUT2D eigenvalue weighted by Crippen LogP contribution is -2.32. The molecule has 5 nitrogen and oxygen atoms in total. The van der Waals surface area contributed by atoms with E-state index in [9.17, 15) is 19.5 Å². The van der Waals surface area contributed by atoms with Crippen LogP contribution in [0.1, 0.15) is 16.7 Å². The molecule has 0 unspecified atom stereocenters. The highest BCUT2D eigenvalue weighted by Gasteiger charge is 2.43. The molecule has 3 aromatic rings. The van der Waals surface area contributed by atoms with Crippen LogP contribution in [0.25, 0.3) is 0 Å². The van der Waals surface area contributed by atoms with Crippen LogP contribution in [0, 0.1) is 0 Å². The first kappa shape index (κ1) is 20.3. The topological polar surface area (TPSA) is 87.0 Å². The molecule has 3 aromatic carbocycles. The third-order valence-corrected chi connectivity index (χ3v) is 5.76. The maximum absolute atomic E-state index is 12.0. The number of aromatic hydroxyl groups is 1. The minimum Gasteiger partial charge on any atom is -0.506 e. The molecular formula is C19H15Br2O5P. The molecule has 27 heavy (non-hydrogen) atoms. The van der Waals surface area contributed by atoms with Gasteiger partial charge in [-0.2, -0.15) is 0 Å². The van der Waals surface area contributed by atoms with Crippen molar-refractivity contribution in [2.75, 3.05) is 0 Å². The molecule has 0 saturated heterocycles. The summed E-state index contributed by atoms with van der Waals surface area (Å²) in [6, 6.07) is 20.8. The van der Waals surface area contributed by atoms with E-state index in [0.717, 1.165) is 0 Å². The van der Waals surface area contributed by atoms with Gasteiger partial charge in [-0.3, -0.25) is 4.52 Å². The van der Waals surface area contributed by atoms with Gasteiger partial charge in [-0.05, 0) is 60.7 Å². The van der Waals surface area contributed by atoms with Gasteiger partial charge < -0.3 is 14.9 Å². The average Bonchev–Trinajstić information content (AvgIpc) is 2.64. The molecule has 140 valence electrons. The van der Waals surface area contributed by atoms with Crippen LogP contribution >= 0.6 is 39.7 Å². The highest BCUT2D eigenvalue weighted by atomic mass is 79.9. The number of benzene rings is 3. The predicted octanol–water partition coefficient (Wildman–Crippen LogP) is 5.32. The Morgan fingerprint density at radius 3 is 1.56 bits per heavy atom. The molecule has 0 bridgehead atoms. The van der Waals surface area contributed by atoms with Crippen molar-refractivity contribution in [2.24, 2.45) is 0 Å². The molecule has 0 amide bonds. The number of hydrogen-bond donors (Lipinski definition) is 3. The Labute approximate surface area is 173 Å². The standard InChI is InChI=1S/C19H15Br2O5P/c20-16-11-15(12-17(21)18(16)22)19(26-27(23,24)25,13-7-3-1-4-8-13)14-9-5-2-6-10-14/h1-12,22H,(H2,23,24,25). The zero-order valence-corrected chi connectivity index (χ0v) is 17.9. The monoisotopic (exact) mass is 512 g/mol. The second-order valence-electron chi connectivity index (χ2n) is 5.78. The van der Waals surface area contributed by atoms with Gasteiger partial charge in [-0.1, -0.05) is 60.7 Å².